The number of halogens is 1. The molecular weight excluding hydrogens is 340 g/mol. The predicted octanol–water partition coefficient (Wildman–Crippen LogP) is 3.97. The highest BCUT2D eigenvalue weighted by Gasteiger charge is 2.20. The van der Waals surface area contributed by atoms with E-state index in [0.29, 0.717) is 5.95 Å². The largest absolute Gasteiger partial charge is 0.351 e. The van der Waals surface area contributed by atoms with Crippen LogP contribution in [-0.4, -0.2) is 23.1 Å². The molecule has 0 unspecified atom stereocenters. The molecule has 0 aliphatic carbocycles. The summed E-state index contributed by atoms with van der Waals surface area (Å²) in [7, 11) is 0. The molecule has 1 aliphatic heterocycles. The van der Waals surface area contributed by atoms with Gasteiger partial charge in [0.15, 0.2) is 0 Å². The van der Waals surface area contributed by atoms with Gasteiger partial charge in [0.25, 0.3) is 0 Å². The van der Waals surface area contributed by atoms with E-state index in [9.17, 15) is 0 Å². The van der Waals surface area contributed by atoms with Crippen LogP contribution in [0.1, 0.15) is 23.7 Å². The van der Waals surface area contributed by atoms with Gasteiger partial charge < -0.3 is 10.2 Å². The average molecular weight is 359 g/mol. The number of rotatable bonds is 4. The monoisotopic (exact) mass is 358 g/mol. The normalized spacial score (nSPS) is 13.6. The van der Waals surface area contributed by atoms with Crippen LogP contribution in [0.5, 0.6) is 0 Å². The van der Waals surface area contributed by atoms with Gasteiger partial charge in [-0.3, -0.25) is 0 Å². The summed E-state index contributed by atoms with van der Waals surface area (Å²) >= 11 is 3.60. The molecular formula is C17H19BrN4. The first-order valence-electron chi connectivity index (χ1n) is 7.45. The number of nitrogens with zero attached hydrogens (tertiary/aromatic N) is 3. The van der Waals surface area contributed by atoms with Gasteiger partial charge in [-0.25, -0.2) is 4.98 Å². The van der Waals surface area contributed by atoms with Crippen LogP contribution in [0.2, 0.25) is 0 Å². The number of benzene rings is 1. The zero-order valence-corrected chi connectivity index (χ0v) is 14.4. The second-order valence-electron chi connectivity index (χ2n) is 5.31. The molecule has 0 bridgehead atoms. The minimum Gasteiger partial charge on any atom is -0.351 e. The molecule has 0 atom stereocenters. The molecule has 1 aromatic carbocycles. The first kappa shape index (κ1) is 15.0. The van der Waals surface area contributed by atoms with E-state index in [-0.39, 0.29) is 0 Å². The second kappa shape index (κ2) is 6.48. The lowest BCUT2D eigenvalue weighted by atomic mass is 10.1. The van der Waals surface area contributed by atoms with Gasteiger partial charge in [-0.1, -0.05) is 46.3 Å². The summed E-state index contributed by atoms with van der Waals surface area (Å²) in [6, 6.07) is 10.3. The average Bonchev–Trinajstić information content (AvgIpc) is 2.54. The molecule has 2 heterocycles. The van der Waals surface area contributed by atoms with E-state index in [4.69, 9.17) is 4.98 Å². The first-order chi connectivity index (χ1) is 10.7. The lowest BCUT2D eigenvalue weighted by Crippen LogP contribution is -2.29. The maximum atomic E-state index is 4.71. The molecule has 22 heavy (non-hydrogen) atoms. The smallest absolute Gasteiger partial charge is 0.225 e. The Morgan fingerprint density at radius 3 is 2.73 bits per heavy atom. The first-order valence-corrected chi connectivity index (χ1v) is 8.24. The molecule has 1 aliphatic rings. The van der Waals surface area contributed by atoms with Crippen molar-refractivity contribution in [1.29, 1.82) is 0 Å². The van der Waals surface area contributed by atoms with Crippen molar-refractivity contribution in [2.24, 2.45) is 0 Å². The van der Waals surface area contributed by atoms with E-state index >= 15 is 0 Å². The van der Waals surface area contributed by atoms with Gasteiger partial charge in [-0.2, -0.15) is 4.98 Å². The van der Waals surface area contributed by atoms with Crippen molar-refractivity contribution < 1.29 is 0 Å². The highest BCUT2D eigenvalue weighted by molar-refractivity contribution is 9.11. The molecule has 5 heteroatoms. The number of nitrogens with one attached hydrogen (secondary N) is 1. The fourth-order valence-corrected chi connectivity index (χ4v) is 3.09. The number of fused-ring (bicyclic) bond motifs is 1. The van der Waals surface area contributed by atoms with Gasteiger partial charge in [0.05, 0.1) is 12.2 Å². The fraction of sp³-hybridized carbons (Fsp3) is 0.294. The number of aryl methyl sites for hydroxylation is 1. The van der Waals surface area contributed by atoms with E-state index in [1.54, 1.807) is 0 Å². The molecule has 0 fully saturated rings. The third-order valence-electron chi connectivity index (χ3n) is 3.73. The highest BCUT2D eigenvalue weighted by atomic mass is 79.9. The fourth-order valence-electron chi connectivity index (χ4n) is 2.55. The molecule has 1 aromatic heterocycles. The van der Waals surface area contributed by atoms with Crippen LogP contribution in [0.15, 0.2) is 34.8 Å². The van der Waals surface area contributed by atoms with E-state index < -0.39 is 0 Å². The molecule has 0 radical (unpaired) electrons. The van der Waals surface area contributed by atoms with Gasteiger partial charge in [0, 0.05) is 23.1 Å². The highest BCUT2D eigenvalue weighted by Crippen LogP contribution is 2.31. The molecule has 1 N–H and O–H groups in total. The van der Waals surface area contributed by atoms with E-state index in [1.165, 1.54) is 10.0 Å². The Balaban J connectivity index is 1.87. The van der Waals surface area contributed by atoms with Crippen LogP contribution in [0.3, 0.4) is 0 Å². The van der Waals surface area contributed by atoms with Crippen LogP contribution in [-0.2, 0) is 6.54 Å². The summed E-state index contributed by atoms with van der Waals surface area (Å²) in [6.45, 7) is 6.68. The second-order valence-corrected chi connectivity index (χ2v) is 6.33. The molecule has 3 rings (SSSR count). The van der Waals surface area contributed by atoms with Crippen LogP contribution < -0.4 is 10.2 Å². The molecule has 4 nitrogen and oxygen atoms in total. The third kappa shape index (κ3) is 3.14. The number of hydrogen-bond donors (Lipinski definition) is 1. The molecule has 0 amide bonds. The van der Waals surface area contributed by atoms with Crippen LogP contribution in [0.25, 0.3) is 6.08 Å². The Kier molecular flexibility index (Phi) is 4.43. The Labute approximate surface area is 139 Å². The van der Waals surface area contributed by atoms with Crippen molar-refractivity contribution in [3.05, 3.63) is 51.6 Å². The van der Waals surface area contributed by atoms with Crippen molar-refractivity contribution in [1.82, 2.24) is 9.97 Å². The van der Waals surface area contributed by atoms with Gasteiger partial charge >= 0.3 is 0 Å². The van der Waals surface area contributed by atoms with Gasteiger partial charge in [-0.05, 0) is 25.5 Å². The maximum absolute atomic E-state index is 4.71. The van der Waals surface area contributed by atoms with Crippen molar-refractivity contribution in [3.8, 4) is 0 Å². The Bertz CT molecular complexity index is 697. The van der Waals surface area contributed by atoms with E-state index in [2.05, 4.69) is 56.3 Å². The lowest BCUT2D eigenvalue weighted by Gasteiger charge is -2.28. The predicted molar refractivity (Wildman–Crippen MR) is 95.3 cm³/mol. The lowest BCUT2D eigenvalue weighted by molar-refractivity contribution is 0.856. The molecule has 0 spiro atoms. The maximum Gasteiger partial charge on any atom is 0.225 e. The van der Waals surface area contributed by atoms with Crippen molar-refractivity contribution in [2.75, 3.05) is 23.3 Å². The molecule has 2 aromatic rings. The summed E-state index contributed by atoms with van der Waals surface area (Å²) in [5.74, 6) is 1.69. The van der Waals surface area contributed by atoms with Crippen LogP contribution >= 0.6 is 15.9 Å². The number of aromatic nitrogens is 2. The number of anilines is 2. The zero-order chi connectivity index (χ0) is 15.5. The molecule has 114 valence electrons. The molecule has 0 saturated heterocycles. The summed E-state index contributed by atoms with van der Waals surface area (Å²) in [6.07, 6.45) is 2.12. The summed E-state index contributed by atoms with van der Waals surface area (Å²) in [5.41, 5.74) is 3.32. The molecule has 0 saturated carbocycles. The third-order valence-corrected chi connectivity index (χ3v) is 4.21. The Morgan fingerprint density at radius 2 is 2.00 bits per heavy atom. The van der Waals surface area contributed by atoms with Gasteiger partial charge in [-0.15, -0.1) is 0 Å². The van der Waals surface area contributed by atoms with E-state index in [1.807, 2.05) is 25.1 Å². The topological polar surface area (TPSA) is 41.1 Å². The zero-order valence-electron chi connectivity index (χ0n) is 12.8. The Hall–Kier alpha value is -1.88. The SMILES string of the molecule is CCN1CC(Br)=Cc2c(C)nc(NCc3ccccc3)nc21. The summed E-state index contributed by atoms with van der Waals surface area (Å²) in [5, 5.41) is 3.33. The number of hydrogen-bond acceptors (Lipinski definition) is 4. The van der Waals surface area contributed by atoms with Gasteiger partial charge in [0.1, 0.15) is 5.82 Å². The van der Waals surface area contributed by atoms with Crippen molar-refractivity contribution in [3.63, 3.8) is 0 Å². The minimum absolute atomic E-state index is 0.685. The Morgan fingerprint density at radius 1 is 1.23 bits per heavy atom. The van der Waals surface area contributed by atoms with Crippen LogP contribution in [0.4, 0.5) is 11.8 Å². The number of likely N-dealkylation sites (N-methyl/N-ethyl adjacent to an activating group) is 1. The minimum atomic E-state index is 0.685. The standard InChI is InChI=1S/C17H19BrN4/c1-3-22-11-14(18)9-15-12(2)20-17(21-16(15)22)19-10-13-7-5-4-6-8-13/h4-9H,3,10-11H2,1-2H3,(H,19,20,21). The van der Waals surface area contributed by atoms with Crippen LogP contribution in [0, 0.1) is 6.92 Å². The van der Waals surface area contributed by atoms with Crippen molar-refractivity contribution in [2.45, 2.75) is 20.4 Å². The van der Waals surface area contributed by atoms with E-state index in [0.717, 1.165) is 36.7 Å². The summed E-state index contributed by atoms with van der Waals surface area (Å²) < 4.78 is 1.17. The van der Waals surface area contributed by atoms with Crippen molar-refractivity contribution >= 4 is 33.8 Å². The summed E-state index contributed by atoms with van der Waals surface area (Å²) in [4.78, 5) is 11.6. The quantitative estimate of drug-likeness (QED) is 0.897. The van der Waals surface area contributed by atoms with Gasteiger partial charge in [0.2, 0.25) is 5.95 Å².